The number of aliphatic hydroxyl groups excluding tert-OH is 1. The molecule has 0 spiro atoms. The van der Waals surface area contributed by atoms with Crippen LogP contribution in [0.4, 0.5) is 8.78 Å². The van der Waals surface area contributed by atoms with Gasteiger partial charge in [-0.2, -0.15) is 4.31 Å². The van der Waals surface area contributed by atoms with Crippen molar-refractivity contribution in [2.24, 2.45) is 0 Å². The van der Waals surface area contributed by atoms with Gasteiger partial charge in [0.1, 0.15) is 11.6 Å². The van der Waals surface area contributed by atoms with Crippen LogP contribution in [0, 0.1) is 11.6 Å². The van der Waals surface area contributed by atoms with Crippen molar-refractivity contribution in [1.29, 1.82) is 0 Å². The molecule has 0 atom stereocenters. The summed E-state index contributed by atoms with van der Waals surface area (Å²) in [5.41, 5.74) is 0. The number of hydrogen-bond donors (Lipinski definition) is 1. The Kier molecular flexibility index (Phi) is 4.55. The van der Waals surface area contributed by atoms with Gasteiger partial charge in [0.2, 0.25) is 10.0 Å². The molecular formula is C10H13F2NO3S. The largest absolute Gasteiger partial charge is 0.395 e. The summed E-state index contributed by atoms with van der Waals surface area (Å²) in [6.45, 7) is 0.929. The van der Waals surface area contributed by atoms with Crippen molar-refractivity contribution in [2.75, 3.05) is 19.7 Å². The van der Waals surface area contributed by atoms with Crippen molar-refractivity contribution in [3.8, 4) is 0 Å². The summed E-state index contributed by atoms with van der Waals surface area (Å²) in [5, 5.41) is 8.72. The summed E-state index contributed by atoms with van der Waals surface area (Å²) < 4.78 is 51.4. The number of halogens is 2. The number of hydrogen-bond acceptors (Lipinski definition) is 3. The standard InChI is InChI=1S/C10H13F2NO3S/c1-2-13(6-7-14)17(15,16)10-8(11)4-3-5-9(10)12/h3-5,14H,2,6-7H2,1H3. The number of nitrogens with zero attached hydrogens (tertiary/aromatic N) is 1. The molecule has 0 aliphatic heterocycles. The quantitative estimate of drug-likeness (QED) is 0.863. The van der Waals surface area contributed by atoms with E-state index in [2.05, 4.69) is 0 Å². The van der Waals surface area contributed by atoms with E-state index in [1.165, 1.54) is 6.92 Å². The van der Waals surface area contributed by atoms with Crippen LogP contribution in [-0.2, 0) is 10.0 Å². The second kappa shape index (κ2) is 5.52. The predicted octanol–water partition coefficient (Wildman–Crippen LogP) is 0.968. The summed E-state index contributed by atoms with van der Waals surface area (Å²) >= 11 is 0. The molecule has 0 heterocycles. The van der Waals surface area contributed by atoms with Gasteiger partial charge in [0.05, 0.1) is 6.61 Å². The van der Waals surface area contributed by atoms with Gasteiger partial charge in [-0.15, -0.1) is 0 Å². The number of aliphatic hydroxyl groups is 1. The Bertz CT molecular complexity index is 470. The van der Waals surface area contributed by atoms with Crippen molar-refractivity contribution >= 4 is 10.0 Å². The lowest BCUT2D eigenvalue weighted by molar-refractivity contribution is 0.256. The molecule has 0 aliphatic rings. The van der Waals surface area contributed by atoms with Crippen LogP contribution in [-0.4, -0.2) is 37.5 Å². The lowest BCUT2D eigenvalue weighted by Gasteiger charge is -2.19. The summed E-state index contributed by atoms with van der Waals surface area (Å²) in [7, 11) is -4.25. The van der Waals surface area contributed by atoms with Crippen LogP contribution in [0.15, 0.2) is 23.1 Å². The van der Waals surface area contributed by atoms with Crippen molar-refractivity contribution in [3.63, 3.8) is 0 Å². The minimum atomic E-state index is -4.25. The highest BCUT2D eigenvalue weighted by atomic mass is 32.2. The van der Waals surface area contributed by atoms with Gasteiger partial charge in [0.15, 0.2) is 4.90 Å². The Balaban J connectivity index is 3.30. The molecule has 1 aromatic rings. The van der Waals surface area contributed by atoms with E-state index in [9.17, 15) is 17.2 Å². The predicted molar refractivity (Wildman–Crippen MR) is 57.9 cm³/mol. The first-order chi connectivity index (χ1) is 7.95. The zero-order valence-corrected chi connectivity index (χ0v) is 10.0. The first-order valence-corrected chi connectivity index (χ1v) is 6.44. The van der Waals surface area contributed by atoms with E-state index in [0.29, 0.717) is 0 Å². The third-order valence-corrected chi connectivity index (χ3v) is 4.25. The monoisotopic (exact) mass is 265 g/mol. The van der Waals surface area contributed by atoms with Gasteiger partial charge in [-0.25, -0.2) is 17.2 Å². The Labute approximate surface area is 98.5 Å². The fraction of sp³-hybridized carbons (Fsp3) is 0.400. The van der Waals surface area contributed by atoms with Gasteiger partial charge in [-0.1, -0.05) is 13.0 Å². The zero-order chi connectivity index (χ0) is 13.1. The van der Waals surface area contributed by atoms with Gasteiger partial charge in [0.25, 0.3) is 0 Å². The number of sulfonamides is 1. The smallest absolute Gasteiger partial charge is 0.248 e. The molecule has 1 N–H and O–H groups in total. The highest BCUT2D eigenvalue weighted by molar-refractivity contribution is 7.89. The van der Waals surface area contributed by atoms with Crippen LogP contribution in [0.5, 0.6) is 0 Å². The highest BCUT2D eigenvalue weighted by Crippen LogP contribution is 2.22. The third-order valence-electron chi connectivity index (χ3n) is 2.22. The van der Waals surface area contributed by atoms with Gasteiger partial charge in [0, 0.05) is 13.1 Å². The van der Waals surface area contributed by atoms with E-state index in [4.69, 9.17) is 5.11 Å². The molecule has 0 saturated heterocycles. The van der Waals surface area contributed by atoms with E-state index >= 15 is 0 Å². The molecule has 0 bridgehead atoms. The van der Waals surface area contributed by atoms with E-state index < -0.39 is 33.2 Å². The molecule has 0 radical (unpaired) electrons. The van der Waals surface area contributed by atoms with Gasteiger partial charge < -0.3 is 5.11 Å². The molecule has 0 saturated carbocycles. The first-order valence-electron chi connectivity index (χ1n) is 5.00. The van der Waals surface area contributed by atoms with E-state index in [-0.39, 0.29) is 13.1 Å². The van der Waals surface area contributed by atoms with Crippen LogP contribution in [0.2, 0.25) is 0 Å². The number of benzene rings is 1. The fourth-order valence-electron chi connectivity index (χ4n) is 1.42. The Morgan fingerprint density at radius 1 is 1.29 bits per heavy atom. The third kappa shape index (κ3) is 2.80. The van der Waals surface area contributed by atoms with E-state index in [1.807, 2.05) is 0 Å². The summed E-state index contributed by atoms with van der Waals surface area (Å²) in [6, 6.07) is 2.84. The molecule has 1 aromatic carbocycles. The minimum Gasteiger partial charge on any atom is -0.395 e. The molecule has 4 nitrogen and oxygen atoms in total. The van der Waals surface area contributed by atoms with E-state index in [0.717, 1.165) is 22.5 Å². The van der Waals surface area contributed by atoms with Gasteiger partial charge >= 0.3 is 0 Å². The summed E-state index contributed by atoms with van der Waals surface area (Å²) in [5.74, 6) is -2.28. The second-order valence-corrected chi connectivity index (χ2v) is 5.15. The molecule has 96 valence electrons. The second-order valence-electron chi connectivity index (χ2n) is 3.27. The Morgan fingerprint density at radius 2 is 1.82 bits per heavy atom. The minimum absolute atomic E-state index is 0.0245. The van der Waals surface area contributed by atoms with Crippen LogP contribution < -0.4 is 0 Å². The number of likely N-dealkylation sites (N-methyl/N-ethyl adjacent to an activating group) is 1. The van der Waals surface area contributed by atoms with Gasteiger partial charge in [-0.05, 0) is 12.1 Å². The average Bonchev–Trinajstić information content (AvgIpc) is 2.24. The maximum atomic E-state index is 13.4. The number of rotatable bonds is 5. The normalized spacial score (nSPS) is 12.1. The molecule has 7 heteroatoms. The van der Waals surface area contributed by atoms with Gasteiger partial charge in [-0.3, -0.25) is 0 Å². The summed E-state index contributed by atoms with van der Waals surface area (Å²) in [6.07, 6.45) is 0. The summed E-state index contributed by atoms with van der Waals surface area (Å²) in [4.78, 5) is -0.977. The van der Waals surface area contributed by atoms with Crippen LogP contribution in [0.3, 0.4) is 0 Å². The highest BCUT2D eigenvalue weighted by Gasteiger charge is 2.29. The van der Waals surface area contributed by atoms with Crippen LogP contribution in [0.25, 0.3) is 0 Å². The van der Waals surface area contributed by atoms with Crippen molar-refractivity contribution < 1.29 is 22.3 Å². The topological polar surface area (TPSA) is 57.6 Å². The van der Waals surface area contributed by atoms with Crippen LogP contribution in [0.1, 0.15) is 6.92 Å². The zero-order valence-electron chi connectivity index (χ0n) is 9.23. The molecule has 17 heavy (non-hydrogen) atoms. The molecule has 0 unspecified atom stereocenters. The maximum absolute atomic E-state index is 13.4. The van der Waals surface area contributed by atoms with Crippen molar-refractivity contribution in [3.05, 3.63) is 29.8 Å². The lowest BCUT2D eigenvalue weighted by Crippen LogP contribution is -2.34. The Morgan fingerprint density at radius 3 is 2.24 bits per heavy atom. The molecular weight excluding hydrogens is 252 g/mol. The van der Waals surface area contributed by atoms with Crippen LogP contribution >= 0.6 is 0 Å². The average molecular weight is 265 g/mol. The van der Waals surface area contributed by atoms with E-state index in [1.54, 1.807) is 0 Å². The first kappa shape index (κ1) is 14.0. The fourth-order valence-corrected chi connectivity index (χ4v) is 2.97. The molecule has 1 rings (SSSR count). The lowest BCUT2D eigenvalue weighted by atomic mass is 10.3. The van der Waals surface area contributed by atoms with Crippen molar-refractivity contribution in [1.82, 2.24) is 4.31 Å². The molecule has 0 amide bonds. The van der Waals surface area contributed by atoms with Crippen molar-refractivity contribution in [2.45, 2.75) is 11.8 Å². The molecule has 0 fully saturated rings. The SMILES string of the molecule is CCN(CCO)S(=O)(=O)c1c(F)cccc1F. The maximum Gasteiger partial charge on any atom is 0.248 e. The molecule has 0 aromatic heterocycles. The Hall–Kier alpha value is -1.05. The molecule has 0 aliphatic carbocycles.